The summed E-state index contributed by atoms with van der Waals surface area (Å²) in [6.45, 7) is 9.47. The van der Waals surface area contributed by atoms with Crippen molar-refractivity contribution < 1.29 is 4.79 Å². The molecule has 1 rings (SSSR count). The normalized spacial score (nSPS) is 24.2. The van der Waals surface area contributed by atoms with Crippen molar-refractivity contribution in [3.8, 4) is 0 Å². The molecule has 16 heavy (non-hydrogen) atoms. The highest BCUT2D eigenvalue weighted by Crippen LogP contribution is 2.16. The van der Waals surface area contributed by atoms with E-state index in [1.54, 1.807) is 0 Å². The molecule has 1 aliphatic rings. The third-order valence-corrected chi connectivity index (χ3v) is 3.22. The minimum absolute atomic E-state index is 0.0695. The van der Waals surface area contributed by atoms with E-state index in [9.17, 15) is 4.79 Å². The smallest absolute Gasteiger partial charge is 0.221 e. The van der Waals surface area contributed by atoms with E-state index in [1.165, 1.54) is 0 Å². The van der Waals surface area contributed by atoms with Crippen molar-refractivity contribution in [1.29, 1.82) is 0 Å². The van der Waals surface area contributed by atoms with E-state index >= 15 is 0 Å². The van der Waals surface area contributed by atoms with Gasteiger partial charge in [0.25, 0.3) is 0 Å². The zero-order valence-corrected chi connectivity index (χ0v) is 10.5. The van der Waals surface area contributed by atoms with Crippen LogP contribution in [0, 0.1) is 11.8 Å². The van der Waals surface area contributed by atoms with Gasteiger partial charge in [0.2, 0.25) is 5.91 Å². The summed E-state index contributed by atoms with van der Waals surface area (Å²) in [5.41, 5.74) is 5.36. The predicted molar refractivity (Wildman–Crippen MR) is 66.1 cm³/mol. The first-order chi connectivity index (χ1) is 7.63. The summed E-state index contributed by atoms with van der Waals surface area (Å²) < 4.78 is 0. The van der Waals surface area contributed by atoms with Crippen LogP contribution in [0.25, 0.3) is 0 Å². The van der Waals surface area contributed by atoms with Gasteiger partial charge in [0.15, 0.2) is 0 Å². The maximum Gasteiger partial charge on any atom is 0.221 e. The molecule has 1 saturated heterocycles. The maximum atomic E-state index is 11.1. The molecule has 0 aromatic carbocycles. The van der Waals surface area contributed by atoms with E-state index in [-0.39, 0.29) is 11.8 Å². The molecular formula is C12H25N3O. The third kappa shape index (κ3) is 4.49. The van der Waals surface area contributed by atoms with Crippen LogP contribution in [-0.4, -0.2) is 43.5 Å². The SMILES string of the molecule is CCNCC(C)CN1CCCC(C(N)=O)C1. The first-order valence-electron chi connectivity index (χ1n) is 6.35. The molecule has 4 heteroatoms. The Morgan fingerprint density at radius 3 is 3.00 bits per heavy atom. The zero-order valence-electron chi connectivity index (χ0n) is 10.5. The van der Waals surface area contributed by atoms with E-state index in [4.69, 9.17) is 5.73 Å². The van der Waals surface area contributed by atoms with Gasteiger partial charge < -0.3 is 16.0 Å². The van der Waals surface area contributed by atoms with Crippen LogP contribution in [0.5, 0.6) is 0 Å². The van der Waals surface area contributed by atoms with Gasteiger partial charge in [-0.25, -0.2) is 0 Å². The van der Waals surface area contributed by atoms with E-state index in [1.807, 2.05) is 0 Å². The monoisotopic (exact) mass is 227 g/mol. The number of nitrogens with one attached hydrogen (secondary N) is 1. The maximum absolute atomic E-state index is 11.1. The number of amides is 1. The molecule has 94 valence electrons. The fraction of sp³-hybridized carbons (Fsp3) is 0.917. The number of carbonyl (C=O) groups is 1. The minimum atomic E-state index is -0.135. The topological polar surface area (TPSA) is 58.4 Å². The molecule has 1 amide bonds. The third-order valence-electron chi connectivity index (χ3n) is 3.22. The lowest BCUT2D eigenvalue weighted by atomic mass is 9.96. The Kier molecular flexibility index (Phi) is 5.77. The zero-order chi connectivity index (χ0) is 12.0. The van der Waals surface area contributed by atoms with Gasteiger partial charge in [-0.1, -0.05) is 13.8 Å². The number of likely N-dealkylation sites (tertiary alicyclic amines) is 1. The predicted octanol–water partition coefficient (Wildman–Crippen LogP) is 0.429. The molecular weight excluding hydrogens is 202 g/mol. The summed E-state index contributed by atoms with van der Waals surface area (Å²) in [4.78, 5) is 13.5. The first-order valence-corrected chi connectivity index (χ1v) is 6.35. The van der Waals surface area contributed by atoms with Crippen LogP contribution in [0.4, 0.5) is 0 Å². The summed E-state index contributed by atoms with van der Waals surface area (Å²) in [5, 5.41) is 3.35. The van der Waals surface area contributed by atoms with Gasteiger partial charge in [0, 0.05) is 13.1 Å². The molecule has 4 nitrogen and oxygen atoms in total. The highest BCUT2D eigenvalue weighted by atomic mass is 16.1. The summed E-state index contributed by atoms with van der Waals surface area (Å²) in [7, 11) is 0. The fourth-order valence-corrected chi connectivity index (χ4v) is 2.35. The van der Waals surface area contributed by atoms with Gasteiger partial charge >= 0.3 is 0 Å². The Labute approximate surface area is 98.6 Å². The van der Waals surface area contributed by atoms with Crippen molar-refractivity contribution in [3.05, 3.63) is 0 Å². The number of rotatable bonds is 6. The Morgan fingerprint density at radius 1 is 1.62 bits per heavy atom. The number of carbonyl (C=O) groups excluding carboxylic acids is 1. The van der Waals surface area contributed by atoms with Crippen molar-refractivity contribution in [2.24, 2.45) is 17.6 Å². The Morgan fingerprint density at radius 2 is 2.38 bits per heavy atom. The fourth-order valence-electron chi connectivity index (χ4n) is 2.35. The Hall–Kier alpha value is -0.610. The molecule has 2 unspecified atom stereocenters. The van der Waals surface area contributed by atoms with Crippen LogP contribution in [0.1, 0.15) is 26.7 Å². The molecule has 1 heterocycles. The van der Waals surface area contributed by atoms with Crippen LogP contribution in [0.15, 0.2) is 0 Å². The lowest BCUT2D eigenvalue weighted by Gasteiger charge is -2.33. The van der Waals surface area contributed by atoms with Crippen LogP contribution >= 0.6 is 0 Å². The number of hydrogen-bond acceptors (Lipinski definition) is 3. The average Bonchev–Trinajstić information content (AvgIpc) is 2.26. The van der Waals surface area contributed by atoms with Gasteiger partial charge in [-0.3, -0.25) is 4.79 Å². The Bertz CT molecular complexity index is 220. The largest absolute Gasteiger partial charge is 0.369 e. The number of nitrogens with zero attached hydrogens (tertiary/aromatic N) is 1. The standard InChI is InChI=1S/C12H25N3O/c1-3-14-7-10(2)8-15-6-4-5-11(9-15)12(13)16/h10-11,14H,3-9H2,1-2H3,(H2,13,16). The number of piperidine rings is 1. The molecule has 3 N–H and O–H groups in total. The molecule has 0 radical (unpaired) electrons. The molecule has 0 aromatic rings. The molecule has 0 saturated carbocycles. The molecule has 1 aliphatic heterocycles. The molecule has 0 spiro atoms. The molecule has 0 aromatic heterocycles. The second-order valence-electron chi connectivity index (χ2n) is 4.91. The minimum Gasteiger partial charge on any atom is -0.369 e. The second kappa shape index (κ2) is 6.86. The molecule has 2 atom stereocenters. The van der Waals surface area contributed by atoms with Crippen LogP contribution in [0.3, 0.4) is 0 Å². The molecule has 0 bridgehead atoms. The number of nitrogens with two attached hydrogens (primary N) is 1. The van der Waals surface area contributed by atoms with Crippen LogP contribution in [0.2, 0.25) is 0 Å². The van der Waals surface area contributed by atoms with Crippen molar-refractivity contribution in [2.45, 2.75) is 26.7 Å². The Balaban J connectivity index is 2.28. The van der Waals surface area contributed by atoms with E-state index in [0.29, 0.717) is 5.92 Å². The van der Waals surface area contributed by atoms with Crippen molar-refractivity contribution in [2.75, 3.05) is 32.7 Å². The second-order valence-corrected chi connectivity index (χ2v) is 4.91. The van der Waals surface area contributed by atoms with Crippen LogP contribution < -0.4 is 11.1 Å². The van der Waals surface area contributed by atoms with Crippen molar-refractivity contribution >= 4 is 5.91 Å². The lowest BCUT2D eigenvalue weighted by molar-refractivity contribution is -0.123. The van der Waals surface area contributed by atoms with E-state index in [0.717, 1.165) is 45.6 Å². The van der Waals surface area contributed by atoms with Crippen molar-refractivity contribution in [1.82, 2.24) is 10.2 Å². The highest BCUT2D eigenvalue weighted by Gasteiger charge is 2.24. The summed E-state index contributed by atoms with van der Waals surface area (Å²) >= 11 is 0. The summed E-state index contributed by atoms with van der Waals surface area (Å²) in [5.74, 6) is 0.565. The molecule has 1 fully saturated rings. The number of hydrogen-bond donors (Lipinski definition) is 2. The van der Waals surface area contributed by atoms with Gasteiger partial charge in [-0.2, -0.15) is 0 Å². The first kappa shape index (κ1) is 13.5. The molecule has 0 aliphatic carbocycles. The van der Waals surface area contributed by atoms with Crippen LogP contribution in [-0.2, 0) is 4.79 Å². The lowest BCUT2D eigenvalue weighted by Crippen LogP contribution is -2.43. The highest BCUT2D eigenvalue weighted by molar-refractivity contribution is 5.76. The van der Waals surface area contributed by atoms with Gasteiger partial charge in [-0.15, -0.1) is 0 Å². The van der Waals surface area contributed by atoms with E-state index < -0.39 is 0 Å². The summed E-state index contributed by atoms with van der Waals surface area (Å²) in [6, 6.07) is 0. The van der Waals surface area contributed by atoms with Gasteiger partial charge in [-0.05, 0) is 38.4 Å². The van der Waals surface area contributed by atoms with E-state index in [2.05, 4.69) is 24.1 Å². The average molecular weight is 227 g/mol. The van der Waals surface area contributed by atoms with Gasteiger partial charge in [0.1, 0.15) is 0 Å². The summed E-state index contributed by atoms with van der Waals surface area (Å²) in [6.07, 6.45) is 2.06. The quantitative estimate of drug-likeness (QED) is 0.692. The number of primary amides is 1. The van der Waals surface area contributed by atoms with Gasteiger partial charge in [0.05, 0.1) is 5.92 Å². The van der Waals surface area contributed by atoms with Crippen molar-refractivity contribution in [3.63, 3.8) is 0 Å².